The number of piperazine rings is 1. The van der Waals surface area contributed by atoms with Crippen LogP contribution in [0.3, 0.4) is 0 Å². The highest BCUT2D eigenvalue weighted by atomic mass is 16.2. The third-order valence-electron chi connectivity index (χ3n) is 6.99. The first-order valence-corrected chi connectivity index (χ1v) is 11.4. The number of piperidine rings is 1. The largest absolute Gasteiger partial charge is 0.339 e. The molecule has 1 atom stereocenters. The first-order valence-electron chi connectivity index (χ1n) is 11.4. The van der Waals surface area contributed by atoms with E-state index in [1.807, 2.05) is 32.0 Å². The summed E-state index contributed by atoms with van der Waals surface area (Å²) >= 11 is 0. The molecule has 2 fully saturated rings. The van der Waals surface area contributed by atoms with E-state index in [0.717, 1.165) is 68.8 Å². The molecule has 0 aliphatic carbocycles. The lowest BCUT2D eigenvalue weighted by molar-refractivity contribution is 0.0259. The van der Waals surface area contributed by atoms with Gasteiger partial charge in [0, 0.05) is 56.9 Å². The van der Waals surface area contributed by atoms with E-state index in [9.17, 15) is 4.79 Å². The number of carbonyl (C=O) groups is 1. The molecule has 1 amide bonds. The average molecular weight is 406 g/mol. The maximum absolute atomic E-state index is 13.1. The summed E-state index contributed by atoms with van der Waals surface area (Å²) in [4.78, 5) is 20.4. The maximum Gasteiger partial charge on any atom is 0.254 e. The lowest BCUT2D eigenvalue weighted by Crippen LogP contribution is -2.56. The van der Waals surface area contributed by atoms with Gasteiger partial charge >= 0.3 is 0 Å². The molecule has 2 aromatic carbocycles. The minimum atomic E-state index is 0.213. The van der Waals surface area contributed by atoms with Crippen molar-refractivity contribution in [3.63, 3.8) is 0 Å². The number of rotatable bonds is 4. The molecule has 2 aliphatic heterocycles. The summed E-state index contributed by atoms with van der Waals surface area (Å²) in [5, 5.41) is 0. The van der Waals surface area contributed by atoms with Crippen molar-refractivity contribution in [2.45, 2.75) is 52.2 Å². The molecular weight excluding hydrogens is 370 g/mol. The molecular formula is C26H35N3O. The van der Waals surface area contributed by atoms with Crippen LogP contribution in [0.15, 0.2) is 48.5 Å². The van der Waals surface area contributed by atoms with Crippen LogP contribution in [0.5, 0.6) is 0 Å². The normalized spacial score (nSPS) is 21.7. The van der Waals surface area contributed by atoms with Gasteiger partial charge in [-0.1, -0.05) is 48.5 Å². The number of amides is 1. The first-order chi connectivity index (χ1) is 14.5. The molecule has 0 N–H and O–H groups in total. The Bertz CT molecular complexity index is 838. The molecule has 0 saturated carbocycles. The zero-order valence-corrected chi connectivity index (χ0v) is 18.7. The van der Waals surface area contributed by atoms with Gasteiger partial charge in [0.1, 0.15) is 0 Å². The van der Waals surface area contributed by atoms with Crippen LogP contribution >= 0.6 is 0 Å². The predicted octanol–water partition coefficient (Wildman–Crippen LogP) is 4.11. The minimum absolute atomic E-state index is 0.213. The third kappa shape index (κ3) is 4.60. The lowest BCUT2D eigenvalue weighted by Gasteiger charge is -2.45. The molecule has 0 bridgehead atoms. The molecule has 160 valence electrons. The standard InChI is InChI=1S/C26H35N3O/c1-20-8-7-9-21(2)25(20)26(30)27-14-12-24(13-15-27)29-17-16-28(22(3)18-29)19-23-10-5-4-6-11-23/h4-11,22,24H,12-19H2,1-3H3/t22-/m0/s1. The summed E-state index contributed by atoms with van der Waals surface area (Å²) < 4.78 is 0. The summed E-state index contributed by atoms with van der Waals surface area (Å²) in [7, 11) is 0. The number of benzene rings is 2. The molecule has 4 rings (SSSR count). The van der Waals surface area contributed by atoms with Crippen molar-refractivity contribution in [1.29, 1.82) is 0 Å². The molecule has 2 heterocycles. The molecule has 2 aromatic rings. The fourth-order valence-electron chi connectivity index (χ4n) is 5.15. The van der Waals surface area contributed by atoms with Gasteiger partial charge in [0.25, 0.3) is 5.91 Å². The Morgan fingerprint density at radius 1 is 0.900 bits per heavy atom. The van der Waals surface area contributed by atoms with Gasteiger partial charge in [0.2, 0.25) is 0 Å². The Balaban J connectivity index is 1.30. The molecule has 0 radical (unpaired) electrons. The monoisotopic (exact) mass is 405 g/mol. The Morgan fingerprint density at radius 2 is 1.57 bits per heavy atom. The summed E-state index contributed by atoms with van der Waals surface area (Å²) in [5.74, 6) is 0.213. The van der Waals surface area contributed by atoms with E-state index in [1.54, 1.807) is 0 Å². The van der Waals surface area contributed by atoms with Gasteiger partial charge in [0.15, 0.2) is 0 Å². The second kappa shape index (κ2) is 9.32. The third-order valence-corrected chi connectivity index (χ3v) is 6.99. The van der Waals surface area contributed by atoms with Crippen LogP contribution in [-0.4, -0.2) is 65.4 Å². The van der Waals surface area contributed by atoms with Crippen molar-refractivity contribution >= 4 is 5.91 Å². The van der Waals surface area contributed by atoms with Gasteiger partial charge in [-0.15, -0.1) is 0 Å². The van der Waals surface area contributed by atoms with Crippen molar-refractivity contribution in [3.8, 4) is 0 Å². The van der Waals surface area contributed by atoms with E-state index in [0.29, 0.717) is 12.1 Å². The van der Waals surface area contributed by atoms with Gasteiger partial charge < -0.3 is 4.90 Å². The summed E-state index contributed by atoms with van der Waals surface area (Å²) in [6.07, 6.45) is 2.17. The Labute approximate surface area is 181 Å². The van der Waals surface area contributed by atoms with Crippen molar-refractivity contribution in [2.24, 2.45) is 0 Å². The van der Waals surface area contributed by atoms with E-state index in [4.69, 9.17) is 0 Å². The quantitative estimate of drug-likeness (QED) is 0.766. The van der Waals surface area contributed by atoms with Crippen LogP contribution in [0.4, 0.5) is 0 Å². The predicted molar refractivity (Wildman–Crippen MR) is 123 cm³/mol. The zero-order valence-electron chi connectivity index (χ0n) is 18.7. The van der Waals surface area contributed by atoms with Crippen molar-refractivity contribution in [1.82, 2.24) is 14.7 Å². The Morgan fingerprint density at radius 3 is 2.20 bits per heavy atom. The van der Waals surface area contributed by atoms with Gasteiger partial charge in [-0.3, -0.25) is 14.6 Å². The highest BCUT2D eigenvalue weighted by Crippen LogP contribution is 2.24. The highest BCUT2D eigenvalue weighted by Gasteiger charge is 2.32. The van der Waals surface area contributed by atoms with E-state index < -0.39 is 0 Å². The van der Waals surface area contributed by atoms with Crippen molar-refractivity contribution in [2.75, 3.05) is 32.7 Å². The van der Waals surface area contributed by atoms with Gasteiger partial charge in [0.05, 0.1) is 0 Å². The molecule has 2 saturated heterocycles. The second-order valence-electron chi connectivity index (χ2n) is 9.09. The van der Waals surface area contributed by atoms with E-state index >= 15 is 0 Å². The molecule has 0 aromatic heterocycles. The summed E-state index contributed by atoms with van der Waals surface area (Å²) in [6, 6.07) is 18.1. The second-order valence-corrected chi connectivity index (χ2v) is 9.09. The van der Waals surface area contributed by atoms with Crippen molar-refractivity contribution in [3.05, 3.63) is 70.8 Å². The van der Waals surface area contributed by atoms with E-state index in [1.165, 1.54) is 5.56 Å². The summed E-state index contributed by atoms with van der Waals surface area (Å²) in [5.41, 5.74) is 4.48. The van der Waals surface area contributed by atoms with Crippen LogP contribution in [0.25, 0.3) is 0 Å². The minimum Gasteiger partial charge on any atom is -0.339 e. The number of hydrogen-bond acceptors (Lipinski definition) is 3. The van der Waals surface area contributed by atoms with Crippen molar-refractivity contribution < 1.29 is 4.79 Å². The fraction of sp³-hybridized carbons (Fsp3) is 0.500. The molecule has 4 heteroatoms. The molecule has 0 unspecified atom stereocenters. The smallest absolute Gasteiger partial charge is 0.254 e. The van der Waals surface area contributed by atoms with Crippen LogP contribution < -0.4 is 0 Å². The van der Waals surface area contributed by atoms with Gasteiger partial charge in [-0.05, 0) is 50.3 Å². The number of nitrogens with zero attached hydrogens (tertiary/aromatic N) is 3. The Hall–Kier alpha value is -2.17. The zero-order chi connectivity index (χ0) is 21.1. The maximum atomic E-state index is 13.1. The number of likely N-dealkylation sites (tertiary alicyclic amines) is 1. The lowest BCUT2D eigenvalue weighted by atomic mass is 9.97. The molecule has 2 aliphatic rings. The van der Waals surface area contributed by atoms with Gasteiger partial charge in [-0.25, -0.2) is 0 Å². The topological polar surface area (TPSA) is 26.8 Å². The first kappa shape index (κ1) is 21.1. The van der Waals surface area contributed by atoms with Crippen LogP contribution in [0, 0.1) is 13.8 Å². The molecule has 4 nitrogen and oxygen atoms in total. The molecule has 30 heavy (non-hydrogen) atoms. The molecule has 0 spiro atoms. The highest BCUT2D eigenvalue weighted by molar-refractivity contribution is 5.97. The van der Waals surface area contributed by atoms with Crippen LogP contribution in [-0.2, 0) is 6.54 Å². The van der Waals surface area contributed by atoms with E-state index in [2.05, 4.69) is 52.0 Å². The number of aryl methyl sites for hydroxylation is 2. The number of carbonyl (C=O) groups excluding carboxylic acids is 1. The van der Waals surface area contributed by atoms with Crippen LogP contribution in [0.1, 0.15) is 46.8 Å². The van der Waals surface area contributed by atoms with Crippen LogP contribution in [0.2, 0.25) is 0 Å². The fourth-order valence-corrected chi connectivity index (χ4v) is 5.15. The average Bonchev–Trinajstić information content (AvgIpc) is 2.76. The summed E-state index contributed by atoms with van der Waals surface area (Å²) in [6.45, 7) is 12.6. The Kier molecular flexibility index (Phi) is 6.55. The number of hydrogen-bond donors (Lipinski definition) is 0. The van der Waals surface area contributed by atoms with E-state index in [-0.39, 0.29) is 5.91 Å². The van der Waals surface area contributed by atoms with Gasteiger partial charge in [-0.2, -0.15) is 0 Å². The SMILES string of the molecule is Cc1cccc(C)c1C(=O)N1CCC(N2CCN(Cc3ccccc3)[C@@H](C)C2)CC1.